The molecule has 2 aliphatic heterocycles. The number of phenols is 1. The summed E-state index contributed by atoms with van der Waals surface area (Å²) in [7, 11) is 1.91. The maximum atomic E-state index is 15.8. The summed E-state index contributed by atoms with van der Waals surface area (Å²) in [5.41, 5.74) is 6.48. The lowest BCUT2D eigenvalue weighted by Gasteiger charge is -2.31. The molecule has 1 saturated heterocycles. The monoisotopic (exact) mass is 580 g/mol. The number of amidine groups is 2. The topological polar surface area (TPSA) is 147 Å². The highest BCUT2D eigenvalue weighted by Gasteiger charge is 2.30. The number of aliphatic imine (C=N–C) groups is 1. The number of hydrogen-bond donors (Lipinski definition) is 3. The van der Waals surface area contributed by atoms with Crippen LogP contribution in [0, 0.1) is 17.0 Å². The van der Waals surface area contributed by atoms with E-state index in [0.29, 0.717) is 32.5 Å². The van der Waals surface area contributed by atoms with Gasteiger partial charge in [-0.05, 0) is 30.3 Å². The summed E-state index contributed by atoms with van der Waals surface area (Å²) >= 11 is 0. The molecule has 3 aromatic rings. The number of benzene rings is 2. The minimum Gasteiger partial charge on any atom is -0.504 e. The van der Waals surface area contributed by atoms with E-state index in [1.807, 2.05) is 18.0 Å². The third kappa shape index (κ3) is 6.04. The Morgan fingerprint density at radius 2 is 1.79 bits per heavy atom. The fourth-order valence-electron chi connectivity index (χ4n) is 4.70. The van der Waals surface area contributed by atoms with Crippen LogP contribution < -0.4 is 19.9 Å². The number of amides is 1. The quantitative estimate of drug-likeness (QED) is 0.268. The standard InChI is InChI=1S/C29H30F2N6O5/c1-16(38)37-11-8-19(9-12-37)40-25-23(30)28(41-20-5-3-4-18(14-20)27-34-10-13-36(27)2)35-29(24(25)31)42-22-15-17(26(32)33)6-7-21(22)39/h3-7,14-15,19,39H,8-13H2,1-2H3,(H3,32,33). The number of aromatic nitrogens is 1. The summed E-state index contributed by atoms with van der Waals surface area (Å²) in [4.78, 5) is 23.7. The van der Waals surface area contributed by atoms with Crippen molar-refractivity contribution < 1.29 is 32.9 Å². The highest BCUT2D eigenvalue weighted by Crippen LogP contribution is 2.40. The first-order valence-corrected chi connectivity index (χ1v) is 13.3. The number of aromatic hydroxyl groups is 1. The molecule has 3 heterocycles. The number of likely N-dealkylation sites (N-methyl/N-ethyl adjacent to an activating group) is 1. The number of phenolic OH excluding ortho intramolecular Hbond substituents is 1. The second kappa shape index (κ2) is 11.9. The normalized spacial score (nSPS) is 15.4. The summed E-state index contributed by atoms with van der Waals surface area (Å²) in [6, 6.07) is 10.6. The average molecular weight is 581 g/mol. The van der Waals surface area contributed by atoms with Crippen molar-refractivity contribution >= 4 is 17.6 Å². The van der Waals surface area contributed by atoms with E-state index in [1.54, 1.807) is 23.1 Å². The largest absolute Gasteiger partial charge is 0.504 e. The Hall–Kier alpha value is -4.94. The number of hydrogen-bond acceptors (Lipinski definition) is 9. The van der Waals surface area contributed by atoms with E-state index in [2.05, 4.69) is 9.98 Å². The van der Waals surface area contributed by atoms with Gasteiger partial charge in [0.05, 0.1) is 6.54 Å². The molecule has 0 spiro atoms. The second-order valence-corrected chi connectivity index (χ2v) is 9.96. The number of nitrogens with two attached hydrogens (primary N) is 1. The number of nitrogens with one attached hydrogen (secondary N) is 1. The number of ether oxygens (including phenoxy) is 3. The Morgan fingerprint density at radius 3 is 2.43 bits per heavy atom. The van der Waals surface area contributed by atoms with Crippen molar-refractivity contribution in [1.82, 2.24) is 14.8 Å². The molecule has 220 valence electrons. The minimum atomic E-state index is -1.25. The number of halogens is 2. The van der Waals surface area contributed by atoms with E-state index in [4.69, 9.17) is 25.4 Å². The van der Waals surface area contributed by atoms with Crippen molar-refractivity contribution in [3.05, 3.63) is 65.2 Å². The lowest BCUT2D eigenvalue weighted by atomic mass is 10.1. The fourth-order valence-corrected chi connectivity index (χ4v) is 4.70. The van der Waals surface area contributed by atoms with Crippen molar-refractivity contribution in [3.63, 3.8) is 0 Å². The molecule has 1 amide bonds. The van der Waals surface area contributed by atoms with Gasteiger partial charge in [0.1, 0.15) is 23.5 Å². The van der Waals surface area contributed by atoms with Gasteiger partial charge in [-0.15, -0.1) is 0 Å². The zero-order chi connectivity index (χ0) is 30.0. The lowest BCUT2D eigenvalue weighted by Crippen LogP contribution is -2.40. The van der Waals surface area contributed by atoms with E-state index < -0.39 is 35.2 Å². The van der Waals surface area contributed by atoms with Crippen LogP contribution in [0.1, 0.15) is 30.9 Å². The summed E-state index contributed by atoms with van der Waals surface area (Å²) in [5.74, 6) is -4.65. The predicted molar refractivity (Wildman–Crippen MR) is 150 cm³/mol. The van der Waals surface area contributed by atoms with Crippen LogP contribution in [0.2, 0.25) is 0 Å². The molecular formula is C29H30F2N6O5. The summed E-state index contributed by atoms with van der Waals surface area (Å²) in [6.45, 7) is 3.61. The van der Waals surface area contributed by atoms with Crippen LogP contribution in [-0.4, -0.2) is 76.8 Å². The molecule has 0 unspecified atom stereocenters. The van der Waals surface area contributed by atoms with Gasteiger partial charge in [-0.3, -0.25) is 15.2 Å². The van der Waals surface area contributed by atoms with E-state index in [0.717, 1.165) is 17.9 Å². The van der Waals surface area contributed by atoms with Crippen LogP contribution in [-0.2, 0) is 4.79 Å². The molecule has 11 nitrogen and oxygen atoms in total. The molecule has 4 N–H and O–H groups in total. The Balaban J connectivity index is 1.51. The predicted octanol–water partition coefficient (Wildman–Crippen LogP) is 4.02. The number of likely N-dealkylation sites (tertiary alicyclic amines) is 1. The molecule has 0 bridgehead atoms. The van der Waals surface area contributed by atoms with Gasteiger partial charge in [0, 0.05) is 57.6 Å². The number of rotatable bonds is 8. The highest BCUT2D eigenvalue weighted by molar-refractivity contribution is 6.00. The molecule has 2 aromatic carbocycles. The third-order valence-electron chi connectivity index (χ3n) is 6.99. The first-order chi connectivity index (χ1) is 20.1. The van der Waals surface area contributed by atoms with Crippen molar-refractivity contribution in [1.29, 1.82) is 5.41 Å². The van der Waals surface area contributed by atoms with Crippen molar-refractivity contribution in [2.75, 3.05) is 33.2 Å². The molecule has 0 radical (unpaired) electrons. The summed E-state index contributed by atoms with van der Waals surface area (Å²) < 4.78 is 48.7. The molecular weight excluding hydrogens is 550 g/mol. The molecule has 13 heteroatoms. The van der Waals surface area contributed by atoms with Crippen LogP contribution in [0.4, 0.5) is 8.78 Å². The Kier molecular flexibility index (Phi) is 8.09. The van der Waals surface area contributed by atoms with Crippen molar-refractivity contribution in [2.24, 2.45) is 10.7 Å². The molecule has 2 aliphatic rings. The summed E-state index contributed by atoms with van der Waals surface area (Å²) in [6.07, 6.45) is 0.111. The number of nitrogens with zero attached hydrogens (tertiary/aromatic N) is 4. The Bertz CT molecular complexity index is 1560. The number of piperidine rings is 1. The van der Waals surface area contributed by atoms with Gasteiger partial charge in [-0.25, -0.2) is 0 Å². The van der Waals surface area contributed by atoms with Gasteiger partial charge < -0.3 is 34.9 Å². The number of carbonyl (C=O) groups is 1. The first-order valence-electron chi connectivity index (χ1n) is 13.3. The average Bonchev–Trinajstić information content (AvgIpc) is 3.40. The van der Waals surface area contributed by atoms with Crippen LogP contribution in [0.15, 0.2) is 47.5 Å². The molecule has 5 rings (SSSR count). The Morgan fingerprint density at radius 1 is 1.07 bits per heavy atom. The van der Waals surface area contributed by atoms with E-state index >= 15 is 8.78 Å². The third-order valence-corrected chi connectivity index (χ3v) is 6.99. The van der Waals surface area contributed by atoms with E-state index in [-0.39, 0.29) is 34.6 Å². The molecule has 42 heavy (non-hydrogen) atoms. The first kappa shape index (κ1) is 28.6. The number of nitrogen functional groups attached to an aromatic ring is 1. The second-order valence-electron chi connectivity index (χ2n) is 9.96. The number of carbonyl (C=O) groups excluding carboxylic acids is 1. The van der Waals surface area contributed by atoms with Crippen molar-refractivity contribution in [3.8, 4) is 34.8 Å². The molecule has 0 aliphatic carbocycles. The molecule has 1 fully saturated rings. The van der Waals surface area contributed by atoms with Gasteiger partial charge >= 0.3 is 0 Å². The van der Waals surface area contributed by atoms with Gasteiger partial charge in [-0.1, -0.05) is 12.1 Å². The van der Waals surface area contributed by atoms with Crippen LogP contribution in [0.5, 0.6) is 34.8 Å². The van der Waals surface area contributed by atoms with E-state index in [1.165, 1.54) is 25.1 Å². The molecule has 1 aromatic heterocycles. The smallest absolute Gasteiger partial charge is 0.263 e. The molecule has 0 atom stereocenters. The SMILES string of the molecule is CC(=O)N1CCC(Oc2c(F)c(Oc3cccc(C4=NCCN4C)c3)nc(Oc3cc(C(=N)N)ccc3O)c2F)CC1. The van der Waals surface area contributed by atoms with Gasteiger partial charge in [0.25, 0.3) is 11.8 Å². The lowest BCUT2D eigenvalue weighted by molar-refractivity contribution is -0.130. The van der Waals surface area contributed by atoms with Crippen LogP contribution in [0.3, 0.4) is 0 Å². The number of pyridine rings is 1. The maximum absolute atomic E-state index is 15.8. The highest BCUT2D eigenvalue weighted by atomic mass is 19.1. The zero-order valence-electron chi connectivity index (χ0n) is 23.1. The van der Waals surface area contributed by atoms with Crippen molar-refractivity contribution in [2.45, 2.75) is 25.9 Å². The maximum Gasteiger partial charge on any atom is 0.263 e. The van der Waals surface area contributed by atoms with Gasteiger partial charge in [0.2, 0.25) is 23.3 Å². The van der Waals surface area contributed by atoms with E-state index in [9.17, 15) is 9.90 Å². The van der Waals surface area contributed by atoms with Gasteiger partial charge in [0.15, 0.2) is 11.5 Å². The van der Waals surface area contributed by atoms with Gasteiger partial charge in [-0.2, -0.15) is 13.8 Å². The fraction of sp³-hybridized carbons (Fsp3) is 0.310. The van der Waals surface area contributed by atoms with Crippen LogP contribution in [0.25, 0.3) is 0 Å². The zero-order valence-corrected chi connectivity index (χ0v) is 23.1. The summed E-state index contributed by atoms with van der Waals surface area (Å²) in [5, 5.41) is 18.0. The Labute approximate surface area is 240 Å². The molecule has 0 saturated carbocycles. The minimum absolute atomic E-state index is 0.0920. The van der Waals surface area contributed by atoms with Crippen LogP contribution >= 0.6 is 0 Å².